The Morgan fingerprint density at radius 3 is 2.24 bits per heavy atom. The number of carbonyl (C=O) groups excluding carboxylic acids is 1. The minimum Gasteiger partial charge on any atom is -0.476 e. The zero-order valence-electron chi connectivity index (χ0n) is 18.8. The molecule has 0 bridgehead atoms. The summed E-state index contributed by atoms with van der Waals surface area (Å²) in [5.41, 5.74) is 7.47. The minimum absolute atomic E-state index is 0.0885. The van der Waals surface area contributed by atoms with E-state index in [4.69, 9.17) is 15.2 Å². The maximum atomic E-state index is 13.7. The molecule has 1 atom stereocenters. The van der Waals surface area contributed by atoms with Gasteiger partial charge < -0.3 is 19.9 Å². The van der Waals surface area contributed by atoms with E-state index in [2.05, 4.69) is 10.8 Å². The summed E-state index contributed by atoms with van der Waals surface area (Å²) in [4.78, 5) is 13.2. The smallest absolute Gasteiger partial charge is 0.349 e. The maximum Gasteiger partial charge on any atom is 0.349 e. The summed E-state index contributed by atoms with van der Waals surface area (Å²) < 4.78 is 82.3. The number of ether oxygens (including phenoxy) is 3. The van der Waals surface area contributed by atoms with Crippen LogP contribution in [-0.4, -0.2) is 18.8 Å². The van der Waals surface area contributed by atoms with E-state index in [9.17, 15) is 32.0 Å². The molecule has 0 fully saturated rings. The number of benzene rings is 3. The first kappa shape index (κ1) is 25.8. The lowest BCUT2D eigenvalue weighted by Gasteiger charge is -2.26. The van der Waals surface area contributed by atoms with Gasteiger partial charge >= 0.3 is 5.97 Å². The van der Waals surface area contributed by atoms with E-state index < -0.39 is 53.3 Å². The van der Waals surface area contributed by atoms with Gasteiger partial charge in [-0.25, -0.2) is 18.0 Å². The molecule has 1 aliphatic heterocycles. The van der Waals surface area contributed by atoms with Crippen LogP contribution in [-0.2, 0) is 4.79 Å². The average molecular weight is 534 g/mol. The summed E-state index contributed by atoms with van der Waals surface area (Å²) in [7, 11) is 0. The summed E-state index contributed by atoms with van der Waals surface area (Å²) in [6, 6.07) is 13.7. The van der Waals surface area contributed by atoms with E-state index in [1.54, 1.807) is 17.8 Å². The van der Waals surface area contributed by atoms with Crippen molar-refractivity contribution >= 4 is 17.7 Å². The van der Waals surface area contributed by atoms with Crippen LogP contribution in [0, 0.1) is 40.4 Å². The van der Waals surface area contributed by atoms with Gasteiger partial charge in [0.25, 0.3) is 0 Å². The number of halogens is 5. The van der Waals surface area contributed by atoms with Crippen molar-refractivity contribution in [1.82, 2.24) is 0 Å². The Bertz CT molecular complexity index is 1440. The number of thioether (sulfide) groups is 1. The Morgan fingerprint density at radius 1 is 1.03 bits per heavy atom. The van der Waals surface area contributed by atoms with Gasteiger partial charge in [-0.05, 0) is 30.0 Å². The minimum atomic E-state index is -2.36. The van der Waals surface area contributed by atoms with Gasteiger partial charge in [-0.1, -0.05) is 18.2 Å². The van der Waals surface area contributed by atoms with Crippen molar-refractivity contribution in [2.24, 2.45) is 5.73 Å². The molecule has 12 heteroatoms. The fraction of sp³-hybridized carbons (Fsp3) is 0.120. The standard InChI is InChI=1S/C25H15F5N2O4S/c1-37-13-5-2-11(3-6-13)18-14-7-4-12(8-16(14)36-25(32)15(18)9-31)35-17(33)10-34-24-22(29)20(27)19(26)21(28)23(24)30/h2-8,18H,10,32H2,1H3. The number of nitrogens with zero attached hydrogens (tertiary/aromatic N) is 1. The molecule has 0 amide bonds. The molecule has 0 radical (unpaired) electrons. The van der Waals surface area contributed by atoms with E-state index in [-0.39, 0.29) is 23.0 Å². The van der Waals surface area contributed by atoms with Crippen molar-refractivity contribution in [3.63, 3.8) is 0 Å². The van der Waals surface area contributed by atoms with Crippen molar-refractivity contribution in [1.29, 1.82) is 5.26 Å². The van der Waals surface area contributed by atoms with Gasteiger partial charge in [-0.2, -0.15) is 14.0 Å². The Balaban J connectivity index is 1.55. The molecular weight excluding hydrogens is 519 g/mol. The molecule has 1 heterocycles. The van der Waals surface area contributed by atoms with Gasteiger partial charge in [0.1, 0.15) is 23.1 Å². The first-order valence-corrected chi connectivity index (χ1v) is 11.6. The SMILES string of the molecule is CSc1ccc(C2C(C#N)=C(N)Oc3cc(OC(=O)COc4c(F)c(F)c(F)c(F)c4F)ccc32)cc1. The third-order valence-corrected chi connectivity index (χ3v) is 6.12. The molecule has 4 rings (SSSR count). The van der Waals surface area contributed by atoms with Crippen LogP contribution in [0.5, 0.6) is 17.2 Å². The molecule has 0 aromatic heterocycles. The van der Waals surface area contributed by atoms with Crippen LogP contribution in [0.3, 0.4) is 0 Å². The van der Waals surface area contributed by atoms with Crippen molar-refractivity contribution in [2.45, 2.75) is 10.8 Å². The Kier molecular flexibility index (Phi) is 7.26. The molecule has 37 heavy (non-hydrogen) atoms. The second-order valence-electron chi connectivity index (χ2n) is 7.56. The largest absolute Gasteiger partial charge is 0.476 e. The number of esters is 1. The molecule has 3 aromatic carbocycles. The summed E-state index contributed by atoms with van der Waals surface area (Å²) in [5, 5.41) is 9.66. The highest BCUT2D eigenvalue weighted by molar-refractivity contribution is 7.98. The quantitative estimate of drug-likeness (QED) is 0.114. The van der Waals surface area contributed by atoms with Gasteiger partial charge in [0.15, 0.2) is 12.4 Å². The Morgan fingerprint density at radius 2 is 1.65 bits per heavy atom. The average Bonchev–Trinajstić information content (AvgIpc) is 2.90. The topological polar surface area (TPSA) is 94.6 Å². The monoisotopic (exact) mass is 534 g/mol. The number of allylic oxidation sites excluding steroid dienone is 1. The Labute approximate surface area is 211 Å². The lowest BCUT2D eigenvalue weighted by atomic mass is 9.83. The third kappa shape index (κ3) is 4.90. The molecular formula is C25H15F5N2O4S. The maximum absolute atomic E-state index is 13.7. The predicted octanol–water partition coefficient (Wildman–Crippen LogP) is 5.31. The highest BCUT2D eigenvalue weighted by Crippen LogP contribution is 2.43. The van der Waals surface area contributed by atoms with Crippen molar-refractivity contribution in [3.05, 3.63) is 94.1 Å². The number of carbonyl (C=O) groups is 1. The van der Waals surface area contributed by atoms with Crippen LogP contribution in [0.4, 0.5) is 22.0 Å². The fourth-order valence-corrected chi connectivity index (χ4v) is 4.05. The van der Waals surface area contributed by atoms with E-state index in [0.717, 1.165) is 10.5 Å². The van der Waals surface area contributed by atoms with Crippen LogP contribution in [0.15, 0.2) is 58.8 Å². The van der Waals surface area contributed by atoms with Crippen LogP contribution < -0.4 is 19.9 Å². The van der Waals surface area contributed by atoms with Crippen LogP contribution in [0.1, 0.15) is 17.0 Å². The summed E-state index contributed by atoms with van der Waals surface area (Å²) in [6.45, 7) is -1.17. The van der Waals surface area contributed by atoms with E-state index in [1.165, 1.54) is 12.1 Å². The number of nitriles is 1. The number of nitrogens with two attached hydrogens (primary N) is 1. The molecule has 1 unspecified atom stereocenters. The van der Waals surface area contributed by atoms with Gasteiger partial charge in [0.2, 0.25) is 35.0 Å². The second-order valence-corrected chi connectivity index (χ2v) is 8.44. The van der Waals surface area contributed by atoms with Crippen LogP contribution in [0.2, 0.25) is 0 Å². The molecule has 0 saturated carbocycles. The van der Waals surface area contributed by atoms with Crippen LogP contribution in [0.25, 0.3) is 0 Å². The van der Waals surface area contributed by atoms with Crippen molar-refractivity contribution in [3.8, 4) is 23.3 Å². The number of rotatable bonds is 6. The first-order chi connectivity index (χ1) is 17.7. The number of fused-ring (bicyclic) bond motifs is 1. The summed E-state index contributed by atoms with van der Waals surface area (Å²) in [5.74, 6) is -14.7. The third-order valence-electron chi connectivity index (χ3n) is 5.38. The van der Waals surface area contributed by atoms with Gasteiger partial charge in [-0.15, -0.1) is 11.8 Å². The zero-order valence-corrected chi connectivity index (χ0v) is 19.6. The highest BCUT2D eigenvalue weighted by atomic mass is 32.2. The first-order valence-electron chi connectivity index (χ1n) is 10.4. The molecule has 0 saturated heterocycles. The molecule has 6 nitrogen and oxygen atoms in total. The number of hydrogen-bond acceptors (Lipinski definition) is 7. The molecule has 3 aromatic rings. The van der Waals surface area contributed by atoms with E-state index >= 15 is 0 Å². The number of hydrogen-bond donors (Lipinski definition) is 1. The van der Waals surface area contributed by atoms with Gasteiger partial charge in [0, 0.05) is 16.5 Å². The lowest BCUT2D eigenvalue weighted by Crippen LogP contribution is -2.22. The normalized spacial score (nSPS) is 14.5. The molecule has 0 spiro atoms. The summed E-state index contributed by atoms with van der Waals surface area (Å²) >= 11 is 1.55. The van der Waals surface area contributed by atoms with Crippen molar-refractivity contribution < 1.29 is 41.0 Å². The Hall–Kier alpha value is -4.24. The van der Waals surface area contributed by atoms with Crippen LogP contribution >= 0.6 is 11.8 Å². The van der Waals surface area contributed by atoms with E-state index in [1.807, 2.05) is 30.5 Å². The molecule has 2 N–H and O–H groups in total. The molecule has 190 valence electrons. The van der Waals surface area contributed by atoms with E-state index in [0.29, 0.717) is 5.56 Å². The molecule has 1 aliphatic rings. The molecule has 0 aliphatic carbocycles. The fourth-order valence-electron chi connectivity index (χ4n) is 3.64. The predicted molar refractivity (Wildman–Crippen MR) is 121 cm³/mol. The van der Waals surface area contributed by atoms with Gasteiger partial charge in [0.05, 0.1) is 5.92 Å². The second kappa shape index (κ2) is 10.4. The lowest BCUT2D eigenvalue weighted by molar-refractivity contribution is -0.136. The summed E-state index contributed by atoms with van der Waals surface area (Å²) in [6.07, 6.45) is 1.93. The van der Waals surface area contributed by atoms with Crippen molar-refractivity contribution in [2.75, 3.05) is 12.9 Å². The van der Waals surface area contributed by atoms with Gasteiger partial charge in [-0.3, -0.25) is 0 Å². The highest BCUT2D eigenvalue weighted by Gasteiger charge is 2.31. The zero-order chi connectivity index (χ0) is 26.9.